The smallest absolute Gasteiger partial charge is 0.430 e. The van der Waals surface area contributed by atoms with Crippen molar-refractivity contribution >= 4 is 7.69 Å². The molecule has 6 heteroatoms. The molecule has 1 rings (SSSR count). The lowest BCUT2D eigenvalue weighted by Crippen LogP contribution is -1.86. The van der Waals surface area contributed by atoms with Gasteiger partial charge in [0.15, 0.2) is 17.5 Å². The largest absolute Gasteiger partial charge is 0.432 e. The van der Waals surface area contributed by atoms with E-state index in [1.54, 1.807) is 0 Å². The second kappa shape index (κ2) is 5.62. The summed E-state index contributed by atoms with van der Waals surface area (Å²) in [5.74, 6) is -3.73. The number of hydrogen-bond donors (Lipinski definition) is 2. The summed E-state index contributed by atoms with van der Waals surface area (Å²) in [5, 5.41) is 14.2. The molecule has 0 aliphatic rings. The fourth-order valence-electron chi connectivity index (χ4n) is 0.477. The van der Waals surface area contributed by atoms with Crippen molar-refractivity contribution in [2.45, 2.75) is 0 Å². The van der Waals surface area contributed by atoms with E-state index >= 15 is 0 Å². The Labute approximate surface area is 67.6 Å². The summed E-state index contributed by atoms with van der Waals surface area (Å²) >= 11 is 0. The molecule has 1 aromatic rings. The van der Waals surface area contributed by atoms with Crippen LogP contribution in [-0.4, -0.2) is 17.7 Å². The molecule has 0 amide bonds. The predicted molar refractivity (Wildman–Crippen MR) is 37.9 cm³/mol. The van der Waals surface area contributed by atoms with Gasteiger partial charge >= 0.3 is 7.69 Å². The molecule has 2 nitrogen and oxygen atoms in total. The Hall–Kier alpha value is -1.01. The topological polar surface area (TPSA) is 40.5 Å². The van der Waals surface area contributed by atoms with Crippen LogP contribution in [0.5, 0.6) is 0 Å². The first-order valence-electron chi connectivity index (χ1n) is 2.94. The zero-order valence-electron chi connectivity index (χ0n) is 5.97. The number of halogens is 3. The molecular weight excluding hydrogens is 172 g/mol. The molecule has 0 bridgehead atoms. The summed E-state index contributed by atoms with van der Waals surface area (Å²) in [4.78, 5) is 0. The summed E-state index contributed by atoms with van der Waals surface area (Å²) in [6.07, 6.45) is 0. The lowest BCUT2D eigenvalue weighted by Gasteiger charge is -1.90. The number of hydrogen-bond acceptors (Lipinski definition) is 2. The molecular formula is C6H6BF3O2. The third-order valence-corrected chi connectivity index (χ3v) is 0.904. The molecule has 0 radical (unpaired) electrons. The Bertz CT molecular complexity index is 224. The summed E-state index contributed by atoms with van der Waals surface area (Å²) < 4.78 is 35.9. The van der Waals surface area contributed by atoms with Crippen LogP contribution in [0.3, 0.4) is 0 Å². The van der Waals surface area contributed by atoms with Gasteiger partial charge in [0.05, 0.1) is 0 Å². The molecule has 0 aromatic heterocycles. The molecule has 0 aliphatic carbocycles. The van der Waals surface area contributed by atoms with Crippen molar-refractivity contribution in [3.05, 3.63) is 35.7 Å². The van der Waals surface area contributed by atoms with E-state index < -0.39 is 25.1 Å². The highest BCUT2D eigenvalue weighted by atomic mass is 19.2. The molecule has 1 aromatic carbocycles. The van der Waals surface area contributed by atoms with Crippen LogP contribution >= 0.6 is 0 Å². The Kier molecular flexibility index (Phi) is 5.15. The third kappa shape index (κ3) is 3.40. The van der Waals surface area contributed by atoms with Crippen LogP contribution in [0, 0.1) is 17.5 Å². The number of rotatable bonds is 0. The van der Waals surface area contributed by atoms with E-state index in [0.29, 0.717) is 0 Å². The van der Waals surface area contributed by atoms with Crippen molar-refractivity contribution in [1.29, 1.82) is 0 Å². The van der Waals surface area contributed by atoms with E-state index in [0.717, 1.165) is 18.2 Å². The molecule has 2 N–H and O–H groups in total. The quantitative estimate of drug-likeness (QED) is 0.444. The summed E-state index contributed by atoms with van der Waals surface area (Å²) in [7, 11) is -0.750. The standard InChI is InChI=1S/C6H3F3.BH3O2/c7-4-2-1-3-5(8)6(4)9;2-1-3/h1-3H;1-3H. The van der Waals surface area contributed by atoms with Crippen molar-refractivity contribution in [1.82, 2.24) is 0 Å². The predicted octanol–water partition coefficient (Wildman–Crippen LogP) is 0.341. The molecule has 0 heterocycles. The van der Waals surface area contributed by atoms with E-state index in [1.807, 2.05) is 0 Å². The van der Waals surface area contributed by atoms with Gasteiger partial charge in [-0.2, -0.15) is 0 Å². The maximum absolute atomic E-state index is 12.0. The summed E-state index contributed by atoms with van der Waals surface area (Å²) in [6, 6.07) is 2.82. The van der Waals surface area contributed by atoms with Crippen LogP contribution in [0.1, 0.15) is 0 Å². The monoisotopic (exact) mass is 178 g/mol. The van der Waals surface area contributed by atoms with Crippen LogP contribution in [0.15, 0.2) is 18.2 Å². The zero-order valence-corrected chi connectivity index (χ0v) is 5.97. The Morgan fingerprint density at radius 2 is 1.33 bits per heavy atom. The molecule has 0 aliphatic heterocycles. The number of benzene rings is 1. The molecule has 0 unspecified atom stereocenters. The van der Waals surface area contributed by atoms with Gasteiger partial charge in [0.2, 0.25) is 0 Å². The fourth-order valence-corrected chi connectivity index (χ4v) is 0.477. The summed E-state index contributed by atoms with van der Waals surface area (Å²) in [6.45, 7) is 0. The summed E-state index contributed by atoms with van der Waals surface area (Å²) in [5.41, 5.74) is 0. The minimum Gasteiger partial charge on any atom is -0.430 e. The second-order valence-electron chi connectivity index (χ2n) is 1.68. The fraction of sp³-hybridized carbons (Fsp3) is 0. The van der Waals surface area contributed by atoms with Gasteiger partial charge in [0.25, 0.3) is 0 Å². The van der Waals surface area contributed by atoms with Gasteiger partial charge in [-0.3, -0.25) is 0 Å². The van der Waals surface area contributed by atoms with Gasteiger partial charge in [-0.1, -0.05) is 6.07 Å². The lowest BCUT2D eigenvalue weighted by molar-refractivity contribution is 0.447. The van der Waals surface area contributed by atoms with Crippen molar-refractivity contribution in [2.75, 3.05) is 0 Å². The first-order valence-corrected chi connectivity index (χ1v) is 2.94. The van der Waals surface area contributed by atoms with E-state index in [2.05, 4.69) is 0 Å². The normalized spacial score (nSPS) is 8.42. The van der Waals surface area contributed by atoms with Crippen molar-refractivity contribution in [2.24, 2.45) is 0 Å². The molecule has 0 fully saturated rings. The lowest BCUT2D eigenvalue weighted by atomic mass is 10.3. The zero-order chi connectivity index (χ0) is 9.56. The average Bonchev–Trinajstić information content (AvgIpc) is 2.02. The maximum Gasteiger partial charge on any atom is 0.432 e. The van der Waals surface area contributed by atoms with E-state index in [9.17, 15) is 13.2 Å². The molecule has 0 spiro atoms. The van der Waals surface area contributed by atoms with Gasteiger partial charge in [-0.05, 0) is 12.1 Å². The van der Waals surface area contributed by atoms with Crippen LogP contribution < -0.4 is 0 Å². The van der Waals surface area contributed by atoms with Crippen LogP contribution in [0.4, 0.5) is 13.2 Å². The van der Waals surface area contributed by atoms with Gasteiger partial charge in [0.1, 0.15) is 0 Å². The Morgan fingerprint density at radius 1 is 1.00 bits per heavy atom. The van der Waals surface area contributed by atoms with Gasteiger partial charge in [0, 0.05) is 0 Å². The second-order valence-corrected chi connectivity index (χ2v) is 1.68. The molecule has 0 atom stereocenters. The van der Waals surface area contributed by atoms with Gasteiger partial charge < -0.3 is 10.0 Å². The van der Waals surface area contributed by atoms with Crippen molar-refractivity contribution in [3.8, 4) is 0 Å². The average molecular weight is 178 g/mol. The third-order valence-electron chi connectivity index (χ3n) is 0.904. The first kappa shape index (κ1) is 11.0. The van der Waals surface area contributed by atoms with Gasteiger partial charge in [-0.15, -0.1) is 0 Å². The highest BCUT2D eigenvalue weighted by Gasteiger charge is 2.04. The van der Waals surface area contributed by atoms with Crippen LogP contribution in [-0.2, 0) is 0 Å². The van der Waals surface area contributed by atoms with Crippen molar-refractivity contribution in [3.63, 3.8) is 0 Å². The van der Waals surface area contributed by atoms with E-state index in [-0.39, 0.29) is 0 Å². The first-order chi connectivity index (χ1) is 5.63. The molecule has 66 valence electrons. The Morgan fingerprint density at radius 3 is 1.58 bits per heavy atom. The highest BCUT2D eigenvalue weighted by Crippen LogP contribution is 2.07. The van der Waals surface area contributed by atoms with Crippen molar-refractivity contribution < 1.29 is 23.2 Å². The van der Waals surface area contributed by atoms with Gasteiger partial charge in [-0.25, -0.2) is 13.2 Å². The molecule has 0 saturated carbocycles. The molecule has 12 heavy (non-hydrogen) atoms. The minimum absolute atomic E-state index is 0.750. The Balaban J connectivity index is 0.000000354. The van der Waals surface area contributed by atoms with Crippen LogP contribution in [0.2, 0.25) is 0 Å². The van der Waals surface area contributed by atoms with Crippen LogP contribution in [0.25, 0.3) is 0 Å². The maximum atomic E-state index is 12.0. The minimum atomic E-state index is -1.42. The molecule has 0 saturated heterocycles. The highest BCUT2D eigenvalue weighted by molar-refractivity contribution is 6.13. The SMILES string of the molecule is Fc1cccc(F)c1F.OBO. The van der Waals surface area contributed by atoms with E-state index in [4.69, 9.17) is 10.0 Å². The van der Waals surface area contributed by atoms with E-state index in [1.165, 1.54) is 0 Å².